The fourth-order valence-electron chi connectivity index (χ4n) is 2.34. The van der Waals surface area contributed by atoms with Gasteiger partial charge in [-0.1, -0.05) is 0 Å². The van der Waals surface area contributed by atoms with Crippen LogP contribution in [0.3, 0.4) is 0 Å². The Kier molecular flexibility index (Phi) is 3.41. The predicted octanol–water partition coefficient (Wildman–Crippen LogP) is 0.936. The smallest absolute Gasteiger partial charge is 0.255 e. The summed E-state index contributed by atoms with van der Waals surface area (Å²) in [5.41, 5.74) is 2.65. The van der Waals surface area contributed by atoms with Gasteiger partial charge in [-0.15, -0.1) is 0 Å². The second-order valence-corrected chi connectivity index (χ2v) is 4.79. The van der Waals surface area contributed by atoms with Crippen LogP contribution in [0, 0.1) is 13.8 Å². The van der Waals surface area contributed by atoms with Crippen molar-refractivity contribution in [1.29, 1.82) is 0 Å². The number of aromatic nitrogens is 1. The lowest BCUT2D eigenvalue weighted by molar-refractivity contribution is -0.130. The van der Waals surface area contributed by atoms with E-state index in [0.717, 1.165) is 17.0 Å². The van der Waals surface area contributed by atoms with Gasteiger partial charge < -0.3 is 14.8 Å². The van der Waals surface area contributed by atoms with Crippen LogP contribution < -0.4 is 0 Å². The SMILES string of the molecule is CC(=O)N1CCN(C(=O)c2cc(C)[nH]c2C)CC1. The van der Waals surface area contributed by atoms with Crippen LogP contribution in [0.4, 0.5) is 0 Å². The largest absolute Gasteiger partial charge is 0.362 e. The minimum absolute atomic E-state index is 0.0556. The van der Waals surface area contributed by atoms with Gasteiger partial charge in [0.25, 0.3) is 5.91 Å². The van der Waals surface area contributed by atoms with E-state index < -0.39 is 0 Å². The van der Waals surface area contributed by atoms with Crippen LogP contribution >= 0.6 is 0 Å². The molecule has 1 aromatic heterocycles. The van der Waals surface area contributed by atoms with Crippen LogP contribution in [-0.2, 0) is 4.79 Å². The Morgan fingerprint density at radius 3 is 2.11 bits per heavy atom. The van der Waals surface area contributed by atoms with Crippen LogP contribution in [0.1, 0.15) is 28.7 Å². The first-order valence-electron chi connectivity index (χ1n) is 6.20. The molecule has 5 nitrogen and oxygen atoms in total. The average molecular weight is 249 g/mol. The molecule has 0 aromatic carbocycles. The van der Waals surface area contributed by atoms with Crippen LogP contribution in [0.5, 0.6) is 0 Å². The number of nitrogens with one attached hydrogen (secondary N) is 1. The molecule has 0 spiro atoms. The van der Waals surface area contributed by atoms with Gasteiger partial charge in [-0.25, -0.2) is 0 Å². The van der Waals surface area contributed by atoms with Crippen LogP contribution in [-0.4, -0.2) is 52.8 Å². The monoisotopic (exact) mass is 249 g/mol. The van der Waals surface area contributed by atoms with Crippen molar-refractivity contribution in [1.82, 2.24) is 14.8 Å². The molecule has 2 rings (SSSR count). The molecule has 0 saturated carbocycles. The summed E-state index contributed by atoms with van der Waals surface area (Å²) in [4.78, 5) is 30.3. The minimum atomic E-state index is 0.0556. The third-order valence-corrected chi connectivity index (χ3v) is 3.39. The number of nitrogens with zero attached hydrogens (tertiary/aromatic N) is 2. The number of rotatable bonds is 1. The Labute approximate surface area is 107 Å². The third-order valence-electron chi connectivity index (χ3n) is 3.39. The lowest BCUT2D eigenvalue weighted by atomic mass is 10.2. The molecule has 0 bridgehead atoms. The molecule has 5 heteroatoms. The average Bonchev–Trinajstić information content (AvgIpc) is 2.67. The van der Waals surface area contributed by atoms with E-state index in [1.807, 2.05) is 24.8 Å². The molecule has 2 heterocycles. The molecule has 1 aliphatic heterocycles. The maximum absolute atomic E-state index is 12.3. The maximum atomic E-state index is 12.3. The molecule has 0 aliphatic carbocycles. The predicted molar refractivity (Wildman–Crippen MR) is 68.4 cm³/mol. The Morgan fingerprint density at radius 2 is 1.67 bits per heavy atom. The zero-order valence-electron chi connectivity index (χ0n) is 11.1. The van der Waals surface area contributed by atoms with Gasteiger partial charge >= 0.3 is 0 Å². The molecule has 1 fully saturated rings. The van der Waals surface area contributed by atoms with E-state index in [2.05, 4.69) is 4.98 Å². The number of carbonyl (C=O) groups excluding carboxylic acids is 2. The molecule has 98 valence electrons. The first-order valence-corrected chi connectivity index (χ1v) is 6.20. The summed E-state index contributed by atoms with van der Waals surface area (Å²) in [7, 11) is 0. The van der Waals surface area contributed by atoms with Gasteiger partial charge in [0.05, 0.1) is 5.56 Å². The number of hydrogen-bond acceptors (Lipinski definition) is 2. The maximum Gasteiger partial charge on any atom is 0.255 e. The fourth-order valence-corrected chi connectivity index (χ4v) is 2.34. The molecule has 0 unspecified atom stereocenters. The summed E-state index contributed by atoms with van der Waals surface area (Å²) in [6, 6.07) is 1.88. The second kappa shape index (κ2) is 4.84. The molecule has 1 N–H and O–H groups in total. The first kappa shape index (κ1) is 12.7. The van der Waals surface area contributed by atoms with Crippen molar-refractivity contribution < 1.29 is 9.59 Å². The molecular weight excluding hydrogens is 230 g/mol. The first-order chi connectivity index (χ1) is 8.49. The van der Waals surface area contributed by atoms with Crippen molar-refractivity contribution in [2.75, 3.05) is 26.2 Å². The van der Waals surface area contributed by atoms with Gasteiger partial charge in [0.2, 0.25) is 5.91 Å². The molecule has 1 aromatic rings. The number of piperazine rings is 1. The van der Waals surface area contributed by atoms with E-state index in [1.165, 1.54) is 0 Å². The Bertz CT molecular complexity index is 471. The summed E-state index contributed by atoms with van der Waals surface area (Å²) < 4.78 is 0. The number of aryl methyl sites for hydroxylation is 2. The summed E-state index contributed by atoms with van der Waals surface area (Å²) in [6.07, 6.45) is 0. The fraction of sp³-hybridized carbons (Fsp3) is 0.538. The zero-order valence-corrected chi connectivity index (χ0v) is 11.1. The van der Waals surface area contributed by atoms with E-state index in [-0.39, 0.29) is 11.8 Å². The second-order valence-electron chi connectivity index (χ2n) is 4.79. The van der Waals surface area contributed by atoms with Crippen molar-refractivity contribution in [3.63, 3.8) is 0 Å². The van der Waals surface area contributed by atoms with E-state index in [4.69, 9.17) is 0 Å². The van der Waals surface area contributed by atoms with E-state index >= 15 is 0 Å². The van der Waals surface area contributed by atoms with Crippen molar-refractivity contribution in [2.24, 2.45) is 0 Å². The lowest BCUT2D eigenvalue weighted by Gasteiger charge is -2.34. The highest BCUT2D eigenvalue weighted by molar-refractivity contribution is 5.95. The third kappa shape index (κ3) is 2.39. The highest BCUT2D eigenvalue weighted by Gasteiger charge is 2.24. The van der Waals surface area contributed by atoms with Crippen molar-refractivity contribution in [3.8, 4) is 0 Å². The van der Waals surface area contributed by atoms with Crippen LogP contribution in [0.2, 0.25) is 0 Å². The molecule has 18 heavy (non-hydrogen) atoms. The molecule has 2 amide bonds. The van der Waals surface area contributed by atoms with Gasteiger partial charge in [0.1, 0.15) is 0 Å². The summed E-state index contributed by atoms with van der Waals surface area (Å²) >= 11 is 0. The molecule has 1 saturated heterocycles. The highest BCUT2D eigenvalue weighted by atomic mass is 16.2. The van der Waals surface area contributed by atoms with E-state index in [0.29, 0.717) is 26.2 Å². The van der Waals surface area contributed by atoms with Gasteiger partial charge in [0.15, 0.2) is 0 Å². The van der Waals surface area contributed by atoms with Crippen LogP contribution in [0.25, 0.3) is 0 Å². The normalized spacial score (nSPS) is 15.9. The quantitative estimate of drug-likeness (QED) is 0.805. The lowest BCUT2D eigenvalue weighted by Crippen LogP contribution is -2.50. The Balaban J connectivity index is 2.04. The number of aromatic amines is 1. The zero-order chi connectivity index (χ0) is 13.3. The molecular formula is C13H19N3O2. The van der Waals surface area contributed by atoms with Crippen molar-refractivity contribution in [3.05, 3.63) is 23.0 Å². The van der Waals surface area contributed by atoms with Crippen molar-refractivity contribution in [2.45, 2.75) is 20.8 Å². The number of hydrogen-bond donors (Lipinski definition) is 1. The standard InChI is InChI=1S/C13H19N3O2/c1-9-8-12(10(2)14-9)13(18)16-6-4-15(5-7-16)11(3)17/h8,14H,4-7H2,1-3H3. The number of amides is 2. The summed E-state index contributed by atoms with van der Waals surface area (Å²) in [5, 5.41) is 0. The van der Waals surface area contributed by atoms with Gasteiger partial charge in [-0.05, 0) is 19.9 Å². The Morgan fingerprint density at radius 1 is 1.11 bits per heavy atom. The number of carbonyl (C=O) groups is 2. The van der Waals surface area contributed by atoms with Crippen LogP contribution in [0.15, 0.2) is 6.07 Å². The Hall–Kier alpha value is -1.78. The van der Waals surface area contributed by atoms with Gasteiger partial charge in [-0.3, -0.25) is 9.59 Å². The molecule has 0 radical (unpaired) electrons. The van der Waals surface area contributed by atoms with Crippen molar-refractivity contribution >= 4 is 11.8 Å². The highest BCUT2D eigenvalue weighted by Crippen LogP contribution is 2.14. The number of H-pyrrole nitrogens is 1. The van der Waals surface area contributed by atoms with E-state index in [9.17, 15) is 9.59 Å². The summed E-state index contributed by atoms with van der Waals surface area (Å²) in [5.74, 6) is 0.135. The summed E-state index contributed by atoms with van der Waals surface area (Å²) in [6.45, 7) is 7.90. The van der Waals surface area contributed by atoms with Gasteiger partial charge in [-0.2, -0.15) is 0 Å². The molecule has 0 atom stereocenters. The van der Waals surface area contributed by atoms with Gasteiger partial charge in [0, 0.05) is 44.5 Å². The van der Waals surface area contributed by atoms with E-state index in [1.54, 1.807) is 11.8 Å². The minimum Gasteiger partial charge on any atom is -0.362 e. The molecule has 1 aliphatic rings. The topological polar surface area (TPSA) is 56.4 Å².